The van der Waals surface area contributed by atoms with Crippen LogP contribution in [0.4, 0.5) is 10.5 Å². The highest BCUT2D eigenvalue weighted by molar-refractivity contribution is 6.39. The summed E-state index contributed by atoms with van der Waals surface area (Å²) in [5.41, 5.74) is 2.67. The quantitative estimate of drug-likeness (QED) is 0.244. The predicted molar refractivity (Wildman–Crippen MR) is 146 cm³/mol. The number of barbiturate groups is 1. The van der Waals surface area contributed by atoms with E-state index >= 15 is 0 Å². The van der Waals surface area contributed by atoms with E-state index in [0.29, 0.717) is 22.7 Å². The summed E-state index contributed by atoms with van der Waals surface area (Å²) in [5, 5.41) is 4.65. The van der Waals surface area contributed by atoms with Gasteiger partial charge in [0.1, 0.15) is 12.2 Å². The largest absolute Gasteiger partial charge is 0.493 e. The van der Waals surface area contributed by atoms with Gasteiger partial charge in [-0.25, -0.2) is 9.69 Å². The number of nitrogens with one attached hydrogen (secondary N) is 1. The van der Waals surface area contributed by atoms with Crippen LogP contribution in [-0.4, -0.2) is 25.0 Å². The minimum Gasteiger partial charge on any atom is -0.493 e. The van der Waals surface area contributed by atoms with E-state index in [0.717, 1.165) is 26.8 Å². The molecule has 1 saturated heterocycles. The maximum atomic E-state index is 13.1. The molecule has 1 fully saturated rings. The van der Waals surface area contributed by atoms with Crippen LogP contribution in [0.15, 0.2) is 84.4 Å². The van der Waals surface area contributed by atoms with Crippen LogP contribution in [0.2, 0.25) is 5.02 Å². The third-order valence-electron chi connectivity index (χ3n) is 6.31. The highest BCUT2D eigenvalue weighted by Crippen LogP contribution is 2.38. The van der Waals surface area contributed by atoms with Crippen molar-refractivity contribution in [3.05, 3.63) is 106 Å². The van der Waals surface area contributed by atoms with E-state index in [1.54, 1.807) is 42.5 Å². The Morgan fingerprint density at radius 3 is 2.45 bits per heavy atom. The van der Waals surface area contributed by atoms with Crippen LogP contribution in [-0.2, 0) is 16.2 Å². The first-order chi connectivity index (χ1) is 18.4. The van der Waals surface area contributed by atoms with Gasteiger partial charge in [-0.15, -0.1) is 0 Å². The normalized spacial score (nSPS) is 14.7. The fourth-order valence-corrected chi connectivity index (χ4v) is 4.65. The Balaban J connectivity index is 1.46. The number of methoxy groups -OCH3 is 1. The van der Waals surface area contributed by atoms with Gasteiger partial charge in [-0.05, 0) is 59.2 Å². The summed E-state index contributed by atoms with van der Waals surface area (Å²) in [6, 6.07) is 22.9. The summed E-state index contributed by atoms with van der Waals surface area (Å²) in [6.07, 6.45) is 1.37. The molecule has 0 aliphatic carbocycles. The number of nitrogens with zero attached hydrogens (tertiary/aromatic N) is 1. The number of fused-ring (bicyclic) bond motifs is 1. The van der Waals surface area contributed by atoms with Gasteiger partial charge in [0.2, 0.25) is 0 Å². The van der Waals surface area contributed by atoms with E-state index in [4.69, 9.17) is 21.1 Å². The average molecular weight is 527 g/mol. The summed E-state index contributed by atoms with van der Waals surface area (Å²) in [4.78, 5) is 39.0. The van der Waals surface area contributed by atoms with Crippen LogP contribution < -0.4 is 19.7 Å². The summed E-state index contributed by atoms with van der Waals surface area (Å²) >= 11 is 6.59. The average Bonchev–Trinajstić information content (AvgIpc) is 2.91. The number of urea groups is 1. The molecule has 5 rings (SSSR count). The van der Waals surface area contributed by atoms with Gasteiger partial charge in [0, 0.05) is 5.56 Å². The van der Waals surface area contributed by atoms with Crippen molar-refractivity contribution in [2.45, 2.75) is 13.5 Å². The molecule has 4 aromatic carbocycles. The highest BCUT2D eigenvalue weighted by atomic mass is 35.5. The van der Waals surface area contributed by atoms with Crippen LogP contribution in [0, 0.1) is 6.92 Å². The molecule has 0 atom stereocenters. The fraction of sp³-hybridized carbons (Fsp3) is 0.100. The number of rotatable bonds is 6. The second-order valence-electron chi connectivity index (χ2n) is 8.70. The Morgan fingerprint density at radius 1 is 0.947 bits per heavy atom. The zero-order chi connectivity index (χ0) is 26.8. The molecule has 0 unspecified atom stereocenters. The number of carbonyl (C=O) groups is 3. The number of aryl methyl sites for hydroxylation is 1. The maximum Gasteiger partial charge on any atom is 0.335 e. The highest BCUT2D eigenvalue weighted by Gasteiger charge is 2.36. The minimum atomic E-state index is -0.813. The Bertz CT molecular complexity index is 1610. The minimum absolute atomic E-state index is 0.216. The smallest absolute Gasteiger partial charge is 0.335 e. The molecule has 0 radical (unpaired) electrons. The third kappa shape index (κ3) is 4.71. The molecule has 1 N–H and O–H groups in total. The number of anilines is 1. The molecule has 1 heterocycles. The van der Waals surface area contributed by atoms with Crippen LogP contribution in [0.25, 0.3) is 16.8 Å². The lowest BCUT2D eigenvalue weighted by Gasteiger charge is -2.26. The Hall–Kier alpha value is -4.62. The number of halogens is 1. The molecule has 0 aromatic heterocycles. The number of ether oxygens (including phenoxy) is 2. The van der Waals surface area contributed by atoms with Gasteiger partial charge in [0.25, 0.3) is 11.8 Å². The molecule has 0 bridgehead atoms. The monoisotopic (exact) mass is 526 g/mol. The lowest BCUT2D eigenvalue weighted by atomic mass is 10.0. The second-order valence-corrected chi connectivity index (χ2v) is 9.11. The third-order valence-corrected chi connectivity index (χ3v) is 6.60. The molecule has 1 aliphatic heterocycles. The lowest BCUT2D eigenvalue weighted by molar-refractivity contribution is -0.122. The SMILES string of the molecule is COc1cc(/C=C2\C(=O)NC(=O)N(c3ccccc3)C2=O)cc(Cl)c1OCc1c(C)ccc2ccccc12. The van der Waals surface area contributed by atoms with Crippen molar-refractivity contribution in [3.8, 4) is 11.5 Å². The van der Waals surface area contributed by atoms with Crippen molar-refractivity contribution in [1.82, 2.24) is 5.32 Å². The van der Waals surface area contributed by atoms with Crippen LogP contribution in [0.1, 0.15) is 16.7 Å². The molecule has 7 nitrogen and oxygen atoms in total. The van der Waals surface area contributed by atoms with Gasteiger partial charge < -0.3 is 9.47 Å². The zero-order valence-corrected chi connectivity index (χ0v) is 21.4. The van der Waals surface area contributed by atoms with E-state index in [1.165, 1.54) is 13.2 Å². The van der Waals surface area contributed by atoms with Crippen LogP contribution in [0.3, 0.4) is 0 Å². The molecule has 0 spiro atoms. The number of hydrogen-bond donors (Lipinski definition) is 1. The summed E-state index contributed by atoms with van der Waals surface area (Å²) in [6.45, 7) is 2.29. The number of para-hydroxylation sites is 1. The summed E-state index contributed by atoms with van der Waals surface area (Å²) in [5.74, 6) is -0.869. The molecule has 190 valence electrons. The van der Waals surface area contributed by atoms with Gasteiger partial charge in [-0.1, -0.05) is 66.2 Å². The molecule has 1 aliphatic rings. The van der Waals surface area contributed by atoms with E-state index in [-0.39, 0.29) is 17.2 Å². The standard InChI is InChI=1S/C30H23ClN2O5/c1-18-12-13-20-8-6-7-11-22(20)24(18)17-38-27-25(31)15-19(16-26(27)37-2)14-23-28(34)32-30(36)33(29(23)35)21-9-4-3-5-10-21/h3-16H,17H2,1-2H3,(H,32,34,36)/b23-14+. The number of amides is 4. The van der Waals surface area contributed by atoms with Gasteiger partial charge in [0.05, 0.1) is 17.8 Å². The van der Waals surface area contributed by atoms with E-state index < -0.39 is 17.8 Å². The Kier molecular flexibility index (Phi) is 6.85. The first-order valence-electron chi connectivity index (χ1n) is 11.8. The van der Waals surface area contributed by atoms with E-state index in [9.17, 15) is 14.4 Å². The molecular formula is C30H23ClN2O5. The van der Waals surface area contributed by atoms with Gasteiger partial charge in [-0.2, -0.15) is 0 Å². The van der Waals surface area contributed by atoms with Crippen molar-refractivity contribution >= 4 is 52.0 Å². The Morgan fingerprint density at radius 2 is 1.68 bits per heavy atom. The molecular weight excluding hydrogens is 504 g/mol. The number of imide groups is 2. The number of carbonyl (C=O) groups excluding carboxylic acids is 3. The number of benzene rings is 4. The molecule has 0 saturated carbocycles. The van der Waals surface area contributed by atoms with Crippen LogP contribution >= 0.6 is 11.6 Å². The first kappa shape index (κ1) is 25.0. The van der Waals surface area contributed by atoms with Crippen LogP contribution in [0.5, 0.6) is 11.5 Å². The zero-order valence-electron chi connectivity index (χ0n) is 20.7. The first-order valence-corrected chi connectivity index (χ1v) is 12.2. The van der Waals surface area contributed by atoms with Gasteiger partial charge in [-0.3, -0.25) is 14.9 Å². The molecule has 8 heteroatoms. The lowest BCUT2D eigenvalue weighted by Crippen LogP contribution is -2.54. The van der Waals surface area contributed by atoms with Crippen molar-refractivity contribution in [1.29, 1.82) is 0 Å². The predicted octanol–water partition coefficient (Wildman–Crippen LogP) is 6.06. The summed E-state index contributed by atoms with van der Waals surface area (Å²) < 4.78 is 11.7. The topological polar surface area (TPSA) is 84.9 Å². The number of hydrogen-bond acceptors (Lipinski definition) is 5. The van der Waals surface area contributed by atoms with E-state index in [2.05, 4.69) is 11.4 Å². The fourth-order valence-electron chi connectivity index (χ4n) is 4.38. The summed E-state index contributed by atoms with van der Waals surface area (Å²) in [7, 11) is 1.48. The second kappa shape index (κ2) is 10.4. The van der Waals surface area contributed by atoms with Crippen molar-refractivity contribution in [2.24, 2.45) is 0 Å². The maximum absolute atomic E-state index is 13.1. The van der Waals surface area contributed by atoms with Crippen molar-refractivity contribution in [3.63, 3.8) is 0 Å². The van der Waals surface area contributed by atoms with Gasteiger partial charge in [0.15, 0.2) is 11.5 Å². The van der Waals surface area contributed by atoms with Crippen molar-refractivity contribution < 1.29 is 23.9 Å². The molecule has 4 aromatic rings. The Labute approximate surface area is 224 Å². The van der Waals surface area contributed by atoms with Crippen molar-refractivity contribution in [2.75, 3.05) is 12.0 Å². The molecule has 4 amide bonds. The van der Waals surface area contributed by atoms with Gasteiger partial charge >= 0.3 is 6.03 Å². The molecule has 38 heavy (non-hydrogen) atoms. The van der Waals surface area contributed by atoms with E-state index in [1.807, 2.05) is 37.3 Å².